The fraction of sp³-hybridized carbons (Fsp3) is 0.350. The summed E-state index contributed by atoms with van der Waals surface area (Å²) in [5.41, 5.74) is 1.55. The van der Waals surface area contributed by atoms with Crippen LogP contribution in [-0.2, 0) is 19.6 Å². The molecule has 2 aromatic rings. The Balaban J connectivity index is 1.63. The van der Waals surface area contributed by atoms with Crippen molar-refractivity contribution in [1.29, 1.82) is 0 Å². The maximum absolute atomic E-state index is 12.6. The standard InChI is InChI=1S/C20H24N2O5S/c1-15-12-17(26-2)8-9-19(15)28(24,25)21-13-20(23)22-10-11-27-18(14-22)16-6-4-3-5-7-16/h3-9,12,18,21H,10-11,13-14H2,1-2H3. The monoisotopic (exact) mass is 404 g/mol. The summed E-state index contributed by atoms with van der Waals surface area (Å²) >= 11 is 0. The lowest BCUT2D eigenvalue weighted by atomic mass is 10.1. The molecule has 1 amide bonds. The fourth-order valence-electron chi connectivity index (χ4n) is 3.14. The first-order chi connectivity index (χ1) is 13.4. The van der Waals surface area contributed by atoms with Crippen molar-refractivity contribution in [2.45, 2.75) is 17.9 Å². The molecule has 0 saturated carbocycles. The average Bonchev–Trinajstić information content (AvgIpc) is 2.72. The van der Waals surface area contributed by atoms with E-state index in [1.807, 2.05) is 30.3 Å². The first kappa shape index (κ1) is 20.3. The molecule has 1 saturated heterocycles. The lowest BCUT2D eigenvalue weighted by molar-refractivity contribution is -0.137. The Morgan fingerprint density at radius 3 is 2.68 bits per heavy atom. The maximum atomic E-state index is 12.6. The Kier molecular flexibility index (Phi) is 6.33. The quantitative estimate of drug-likeness (QED) is 0.795. The van der Waals surface area contributed by atoms with Crippen molar-refractivity contribution in [3.8, 4) is 5.75 Å². The van der Waals surface area contributed by atoms with E-state index in [9.17, 15) is 13.2 Å². The molecular formula is C20H24N2O5S. The SMILES string of the molecule is COc1ccc(S(=O)(=O)NCC(=O)N2CCOC(c3ccccc3)C2)c(C)c1. The molecule has 150 valence electrons. The Bertz CT molecular complexity index is 931. The normalized spacial score (nSPS) is 17.4. The highest BCUT2D eigenvalue weighted by Crippen LogP contribution is 2.23. The highest BCUT2D eigenvalue weighted by molar-refractivity contribution is 7.89. The topological polar surface area (TPSA) is 84.9 Å². The van der Waals surface area contributed by atoms with Gasteiger partial charge in [0.25, 0.3) is 0 Å². The molecule has 1 aliphatic heterocycles. The molecule has 2 aromatic carbocycles. The van der Waals surface area contributed by atoms with E-state index in [1.54, 1.807) is 24.0 Å². The molecule has 0 aliphatic carbocycles. The number of nitrogens with one attached hydrogen (secondary N) is 1. The molecule has 3 rings (SSSR count). The molecule has 1 N–H and O–H groups in total. The molecule has 0 radical (unpaired) electrons. The van der Waals surface area contributed by atoms with Crippen molar-refractivity contribution < 1.29 is 22.7 Å². The van der Waals surface area contributed by atoms with Crippen molar-refractivity contribution in [2.75, 3.05) is 33.4 Å². The zero-order valence-electron chi connectivity index (χ0n) is 15.9. The molecular weight excluding hydrogens is 380 g/mol. The largest absolute Gasteiger partial charge is 0.497 e. The summed E-state index contributed by atoms with van der Waals surface area (Å²) in [5.74, 6) is 0.298. The number of carbonyl (C=O) groups is 1. The van der Waals surface area contributed by atoms with Crippen LogP contribution in [0.5, 0.6) is 5.75 Å². The van der Waals surface area contributed by atoms with Gasteiger partial charge in [0.05, 0.1) is 31.7 Å². The van der Waals surface area contributed by atoms with Crippen molar-refractivity contribution in [3.63, 3.8) is 0 Å². The van der Waals surface area contributed by atoms with Crippen LogP contribution in [0.1, 0.15) is 17.2 Å². The van der Waals surface area contributed by atoms with E-state index in [0.29, 0.717) is 31.0 Å². The van der Waals surface area contributed by atoms with Crippen LogP contribution in [0.3, 0.4) is 0 Å². The van der Waals surface area contributed by atoms with E-state index in [4.69, 9.17) is 9.47 Å². The van der Waals surface area contributed by atoms with E-state index in [-0.39, 0.29) is 23.5 Å². The average molecular weight is 404 g/mol. The van der Waals surface area contributed by atoms with E-state index in [0.717, 1.165) is 5.56 Å². The summed E-state index contributed by atoms with van der Waals surface area (Å²) in [5, 5.41) is 0. The Morgan fingerprint density at radius 2 is 2.00 bits per heavy atom. The first-order valence-electron chi connectivity index (χ1n) is 8.99. The minimum atomic E-state index is -3.80. The molecule has 7 nitrogen and oxygen atoms in total. The van der Waals surface area contributed by atoms with Gasteiger partial charge < -0.3 is 14.4 Å². The predicted molar refractivity (Wildman–Crippen MR) is 105 cm³/mol. The number of morpholine rings is 1. The van der Waals surface area contributed by atoms with Gasteiger partial charge in [-0.3, -0.25) is 4.79 Å². The summed E-state index contributed by atoms with van der Waals surface area (Å²) in [4.78, 5) is 14.3. The van der Waals surface area contributed by atoms with Gasteiger partial charge in [-0.2, -0.15) is 0 Å². The molecule has 0 aromatic heterocycles. The highest BCUT2D eigenvalue weighted by Gasteiger charge is 2.26. The fourth-order valence-corrected chi connectivity index (χ4v) is 4.34. The first-order valence-corrected chi connectivity index (χ1v) is 10.5. The van der Waals surface area contributed by atoms with Crippen LogP contribution in [0, 0.1) is 6.92 Å². The number of sulfonamides is 1. The third-order valence-corrected chi connectivity index (χ3v) is 6.24. The second-order valence-corrected chi connectivity index (χ2v) is 8.30. The molecule has 28 heavy (non-hydrogen) atoms. The van der Waals surface area contributed by atoms with E-state index >= 15 is 0 Å². The van der Waals surface area contributed by atoms with Crippen molar-refractivity contribution >= 4 is 15.9 Å². The van der Waals surface area contributed by atoms with E-state index in [2.05, 4.69) is 4.72 Å². The van der Waals surface area contributed by atoms with Crippen LogP contribution in [0.25, 0.3) is 0 Å². The molecule has 1 atom stereocenters. The number of aryl methyl sites for hydroxylation is 1. The molecule has 1 heterocycles. The third-order valence-electron chi connectivity index (χ3n) is 4.68. The van der Waals surface area contributed by atoms with E-state index in [1.165, 1.54) is 13.2 Å². The van der Waals surface area contributed by atoms with Gasteiger partial charge in [0.2, 0.25) is 15.9 Å². The van der Waals surface area contributed by atoms with Crippen LogP contribution in [0.15, 0.2) is 53.4 Å². The second kappa shape index (κ2) is 8.72. The van der Waals surface area contributed by atoms with Gasteiger partial charge in [-0.25, -0.2) is 13.1 Å². The van der Waals surface area contributed by atoms with Crippen LogP contribution < -0.4 is 9.46 Å². The summed E-state index contributed by atoms with van der Waals surface area (Å²) < 4.78 is 38.4. The summed E-state index contributed by atoms with van der Waals surface area (Å²) in [6, 6.07) is 14.4. The number of rotatable bonds is 6. The molecule has 0 spiro atoms. The van der Waals surface area contributed by atoms with Crippen LogP contribution >= 0.6 is 0 Å². The van der Waals surface area contributed by atoms with Crippen molar-refractivity contribution in [3.05, 3.63) is 59.7 Å². The number of methoxy groups -OCH3 is 1. The smallest absolute Gasteiger partial charge is 0.241 e. The van der Waals surface area contributed by atoms with Gasteiger partial charge >= 0.3 is 0 Å². The van der Waals surface area contributed by atoms with Gasteiger partial charge in [-0.15, -0.1) is 0 Å². The molecule has 1 aliphatic rings. The molecule has 1 fully saturated rings. The number of hydrogen-bond acceptors (Lipinski definition) is 5. The van der Waals surface area contributed by atoms with Crippen molar-refractivity contribution in [1.82, 2.24) is 9.62 Å². The van der Waals surface area contributed by atoms with E-state index < -0.39 is 10.0 Å². The summed E-state index contributed by atoms with van der Waals surface area (Å²) in [6.07, 6.45) is -0.209. The number of ether oxygens (including phenoxy) is 2. The molecule has 8 heteroatoms. The zero-order chi connectivity index (χ0) is 20.1. The zero-order valence-corrected chi connectivity index (χ0v) is 16.7. The van der Waals surface area contributed by atoms with Crippen LogP contribution in [0.4, 0.5) is 0 Å². The maximum Gasteiger partial charge on any atom is 0.241 e. The van der Waals surface area contributed by atoms with Gasteiger partial charge in [0.1, 0.15) is 11.9 Å². The number of benzene rings is 2. The van der Waals surface area contributed by atoms with Crippen LogP contribution in [-0.4, -0.2) is 52.6 Å². The minimum Gasteiger partial charge on any atom is -0.497 e. The number of nitrogens with zero attached hydrogens (tertiary/aromatic N) is 1. The predicted octanol–water partition coefficient (Wildman–Crippen LogP) is 1.88. The Labute approximate surface area is 165 Å². The Hall–Kier alpha value is -2.42. The third kappa shape index (κ3) is 4.70. The van der Waals surface area contributed by atoms with Gasteiger partial charge in [0.15, 0.2) is 0 Å². The molecule has 0 bridgehead atoms. The minimum absolute atomic E-state index is 0.130. The summed E-state index contributed by atoms with van der Waals surface area (Å²) in [6.45, 7) is 2.63. The number of hydrogen-bond donors (Lipinski definition) is 1. The lowest BCUT2D eigenvalue weighted by Gasteiger charge is -2.33. The highest BCUT2D eigenvalue weighted by atomic mass is 32.2. The number of carbonyl (C=O) groups excluding carboxylic acids is 1. The van der Waals surface area contributed by atoms with Gasteiger partial charge in [0, 0.05) is 6.54 Å². The van der Waals surface area contributed by atoms with Crippen LogP contribution in [0.2, 0.25) is 0 Å². The van der Waals surface area contributed by atoms with Crippen molar-refractivity contribution in [2.24, 2.45) is 0 Å². The summed E-state index contributed by atoms with van der Waals surface area (Å²) in [7, 11) is -2.28. The van der Waals surface area contributed by atoms with Gasteiger partial charge in [-0.1, -0.05) is 30.3 Å². The molecule has 1 unspecified atom stereocenters. The Morgan fingerprint density at radius 1 is 1.25 bits per heavy atom. The second-order valence-electron chi connectivity index (χ2n) is 6.57. The number of amides is 1. The van der Waals surface area contributed by atoms with Gasteiger partial charge in [-0.05, 0) is 36.2 Å². The lowest BCUT2D eigenvalue weighted by Crippen LogP contribution is -2.46.